The summed E-state index contributed by atoms with van der Waals surface area (Å²) in [6, 6.07) is 7.19. The maximum absolute atomic E-state index is 10.3. The van der Waals surface area contributed by atoms with Crippen LogP contribution in [0.5, 0.6) is 11.5 Å². The van der Waals surface area contributed by atoms with Gasteiger partial charge in [0.25, 0.3) is 6.47 Å². The first-order valence-electron chi connectivity index (χ1n) is 5.70. The second-order valence-electron chi connectivity index (χ2n) is 3.57. The molecule has 88 valence electrons. The summed E-state index contributed by atoms with van der Waals surface area (Å²) in [4.78, 5) is 10.3. The van der Waals surface area contributed by atoms with Gasteiger partial charge in [-0.15, -0.1) is 0 Å². The van der Waals surface area contributed by atoms with Gasteiger partial charge in [0, 0.05) is 0 Å². The molecule has 1 aromatic carbocycles. The van der Waals surface area contributed by atoms with E-state index in [-0.39, 0.29) is 0 Å². The minimum absolute atomic E-state index is 0.416. The fraction of sp³-hybridized carbons (Fsp3) is 0.462. The second-order valence-corrected chi connectivity index (χ2v) is 3.57. The van der Waals surface area contributed by atoms with Crippen molar-refractivity contribution in [3.05, 3.63) is 24.3 Å². The van der Waals surface area contributed by atoms with Gasteiger partial charge in [0.1, 0.15) is 0 Å². The normalized spacial score (nSPS) is 9.81. The first-order chi connectivity index (χ1) is 7.88. The Labute approximate surface area is 96.4 Å². The molecule has 0 radical (unpaired) electrons. The van der Waals surface area contributed by atoms with Gasteiger partial charge in [-0.2, -0.15) is 0 Å². The van der Waals surface area contributed by atoms with E-state index in [1.807, 2.05) is 12.1 Å². The molecule has 16 heavy (non-hydrogen) atoms. The van der Waals surface area contributed by atoms with E-state index in [2.05, 4.69) is 6.92 Å². The number of para-hydroxylation sites is 2. The maximum atomic E-state index is 10.3. The van der Waals surface area contributed by atoms with Crippen molar-refractivity contribution in [1.82, 2.24) is 0 Å². The Morgan fingerprint density at radius 2 is 1.88 bits per heavy atom. The lowest BCUT2D eigenvalue weighted by Gasteiger charge is -2.09. The van der Waals surface area contributed by atoms with Crippen molar-refractivity contribution in [3.8, 4) is 11.5 Å². The van der Waals surface area contributed by atoms with E-state index in [4.69, 9.17) is 9.47 Å². The van der Waals surface area contributed by atoms with Crippen LogP contribution in [0.15, 0.2) is 24.3 Å². The van der Waals surface area contributed by atoms with Crippen LogP contribution < -0.4 is 9.47 Å². The van der Waals surface area contributed by atoms with E-state index in [1.165, 1.54) is 19.3 Å². The molecule has 0 aliphatic carbocycles. The van der Waals surface area contributed by atoms with Crippen LogP contribution in [0.2, 0.25) is 0 Å². The van der Waals surface area contributed by atoms with Crippen LogP contribution in [0.25, 0.3) is 0 Å². The maximum Gasteiger partial charge on any atom is 0.298 e. The molecule has 0 amide bonds. The highest BCUT2D eigenvalue weighted by atomic mass is 16.5. The largest absolute Gasteiger partial charge is 0.490 e. The van der Waals surface area contributed by atoms with Gasteiger partial charge in [0.15, 0.2) is 11.5 Å². The Morgan fingerprint density at radius 1 is 1.12 bits per heavy atom. The standard InChI is InChI=1S/C13H18O3/c1-2-3-4-7-10-15-12-8-5-6-9-13(12)16-11-14/h5-6,8-9,11H,2-4,7,10H2,1H3. The Hall–Kier alpha value is -1.51. The molecule has 0 atom stereocenters. The monoisotopic (exact) mass is 222 g/mol. The van der Waals surface area contributed by atoms with Gasteiger partial charge < -0.3 is 9.47 Å². The molecule has 0 saturated carbocycles. The highest BCUT2D eigenvalue weighted by Gasteiger charge is 2.02. The number of ether oxygens (including phenoxy) is 2. The average Bonchev–Trinajstić information content (AvgIpc) is 2.31. The summed E-state index contributed by atoms with van der Waals surface area (Å²) >= 11 is 0. The number of rotatable bonds is 8. The van der Waals surface area contributed by atoms with Gasteiger partial charge >= 0.3 is 0 Å². The lowest BCUT2D eigenvalue weighted by molar-refractivity contribution is -0.120. The molecule has 0 unspecified atom stereocenters. The summed E-state index contributed by atoms with van der Waals surface area (Å²) in [5.41, 5.74) is 0. The third-order valence-corrected chi connectivity index (χ3v) is 2.28. The van der Waals surface area contributed by atoms with E-state index in [0.717, 1.165) is 6.42 Å². The number of carbonyl (C=O) groups excluding carboxylic acids is 1. The van der Waals surface area contributed by atoms with Crippen molar-refractivity contribution in [2.75, 3.05) is 6.61 Å². The average molecular weight is 222 g/mol. The molecule has 0 aliphatic rings. The fourth-order valence-electron chi connectivity index (χ4n) is 1.43. The van der Waals surface area contributed by atoms with E-state index in [0.29, 0.717) is 24.6 Å². The molecule has 1 rings (SSSR count). The number of unbranched alkanes of at least 4 members (excludes halogenated alkanes) is 3. The molecule has 3 heteroatoms. The van der Waals surface area contributed by atoms with Gasteiger partial charge in [-0.1, -0.05) is 38.3 Å². The van der Waals surface area contributed by atoms with Crippen molar-refractivity contribution in [3.63, 3.8) is 0 Å². The van der Waals surface area contributed by atoms with Crippen LogP contribution in [0.1, 0.15) is 32.6 Å². The van der Waals surface area contributed by atoms with Crippen molar-refractivity contribution in [2.45, 2.75) is 32.6 Å². The summed E-state index contributed by atoms with van der Waals surface area (Å²) in [5, 5.41) is 0. The molecule has 0 heterocycles. The number of hydrogen-bond donors (Lipinski definition) is 0. The molecule has 0 saturated heterocycles. The molecular formula is C13H18O3. The van der Waals surface area contributed by atoms with Crippen LogP contribution >= 0.6 is 0 Å². The summed E-state index contributed by atoms with van der Waals surface area (Å²) < 4.78 is 10.4. The first kappa shape index (κ1) is 12.6. The van der Waals surface area contributed by atoms with E-state index in [9.17, 15) is 4.79 Å². The molecule has 3 nitrogen and oxygen atoms in total. The van der Waals surface area contributed by atoms with Gasteiger partial charge in [-0.3, -0.25) is 4.79 Å². The third-order valence-electron chi connectivity index (χ3n) is 2.28. The molecule has 0 aliphatic heterocycles. The molecule has 0 aromatic heterocycles. The Kier molecular flexibility index (Phi) is 6.07. The van der Waals surface area contributed by atoms with Gasteiger partial charge in [0.05, 0.1) is 6.61 Å². The predicted molar refractivity (Wildman–Crippen MR) is 62.8 cm³/mol. The molecule has 0 fully saturated rings. The second kappa shape index (κ2) is 7.74. The van der Waals surface area contributed by atoms with Gasteiger partial charge in [-0.05, 0) is 18.6 Å². The van der Waals surface area contributed by atoms with Crippen LogP contribution in [-0.4, -0.2) is 13.1 Å². The van der Waals surface area contributed by atoms with Crippen LogP contribution in [-0.2, 0) is 4.79 Å². The smallest absolute Gasteiger partial charge is 0.298 e. The fourth-order valence-corrected chi connectivity index (χ4v) is 1.43. The number of benzene rings is 1. The lowest BCUT2D eigenvalue weighted by atomic mass is 10.2. The van der Waals surface area contributed by atoms with E-state index < -0.39 is 0 Å². The SMILES string of the molecule is CCCCCCOc1ccccc1OC=O. The van der Waals surface area contributed by atoms with E-state index in [1.54, 1.807) is 12.1 Å². The minimum atomic E-state index is 0.416. The molecule has 0 spiro atoms. The Morgan fingerprint density at radius 3 is 2.56 bits per heavy atom. The van der Waals surface area contributed by atoms with E-state index >= 15 is 0 Å². The zero-order valence-electron chi connectivity index (χ0n) is 9.65. The number of carbonyl (C=O) groups is 1. The quantitative estimate of drug-likeness (QED) is 0.500. The zero-order chi connectivity index (χ0) is 11.6. The van der Waals surface area contributed by atoms with Crippen molar-refractivity contribution in [1.29, 1.82) is 0 Å². The van der Waals surface area contributed by atoms with Gasteiger partial charge in [-0.25, -0.2) is 0 Å². The molecule has 1 aromatic rings. The minimum Gasteiger partial charge on any atom is -0.490 e. The third kappa shape index (κ3) is 4.34. The van der Waals surface area contributed by atoms with Gasteiger partial charge in [0.2, 0.25) is 0 Å². The Bertz CT molecular complexity index is 310. The highest BCUT2D eigenvalue weighted by molar-refractivity contribution is 5.50. The van der Waals surface area contributed by atoms with Crippen LogP contribution in [0.4, 0.5) is 0 Å². The van der Waals surface area contributed by atoms with Crippen molar-refractivity contribution in [2.24, 2.45) is 0 Å². The predicted octanol–water partition coefficient (Wildman–Crippen LogP) is 3.18. The summed E-state index contributed by atoms with van der Waals surface area (Å²) in [6.45, 7) is 3.26. The topological polar surface area (TPSA) is 35.5 Å². The van der Waals surface area contributed by atoms with Crippen LogP contribution in [0.3, 0.4) is 0 Å². The molecule has 0 bridgehead atoms. The number of hydrogen-bond acceptors (Lipinski definition) is 3. The summed E-state index contributed by atoms with van der Waals surface area (Å²) in [7, 11) is 0. The van der Waals surface area contributed by atoms with Crippen molar-refractivity contribution >= 4 is 6.47 Å². The Balaban J connectivity index is 2.37. The molecule has 0 N–H and O–H groups in total. The summed E-state index contributed by atoms with van der Waals surface area (Å²) in [6.07, 6.45) is 4.65. The first-order valence-corrected chi connectivity index (χ1v) is 5.70. The highest BCUT2D eigenvalue weighted by Crippen LogP contribution is 2.25. The zero-order valence-corrected chi connectivity index (χ0v) is 9.65. The van der Waals surface area contributed by atoms with Crippen molar-refractivity contribution < 1.29 is 14.3 Å². The molecular weight excluding hydrogens is 204 g/mol. The lowest BCUT2D eigenvalue weighted by Crippen LogP contribution is -2.00. The summed E-state index contributed by atoms with van der Waals surface area (Å²) in [5.74, 6) is 1.11. The van der Waals surface area contributed by atoms with Crippen LogP contribution in [0, 0.1) is 0 Å².